The number of halogens is 2. The highest BCUT2D eigenvalue weighted by molar-refractivity contribution is 6.30. The molecule has 0 radical (unpaired) electrons. The topological polar surface area (TPSA) is 33.1 Å². The molecule has 1 N–H and O–H groups in total. The molecule has 1 heterocycles. The van der Waals surface area contributed by atoms with E-state index >= 15 is 0 Å². The van der Waals surface area contributed by atoms with Crippen molar-refractivity contribution in [3.63, 3.8) is 0 Å². The number of aromatic hydroxyl groups is 1. The van der Waals surface area contributed by atoms with Crippen molar-refractivity contribution in [1.82, 2.24) is 4.98 Å². The Morgan fingerprint density at radius 2 is 2.00 bits per heavy atom. The van der Waals surface area contributed by atoms with Gasteiger partial charge in [-0.25, -0.2) is 9.37 Å². The van der Waals surface area contributed by atoms with E-state index in [0.29, 0.717) is 22.0 Å². The molecule has 0 aliphatic heterocycles. The molecule has 0 amide bonds. The molecule has 0 saturated heterocycles. The van der Waals surface area contributed by atoms with Crippen LogP contribution in [0.25, 0.3) is 11.3 Å². The van der Waals surface area contributed by atoms with Gasteiger partial charge in [-0.3, -0.25) is 0 Å². The third kappa shape index (κ3) is 1.99. The molecule has 0 aliphatic carbocycles. The third-order valence-corrected chi connectivity index (χ3v) is 2.50. The minimum absolute atomic E-state index is 0.0955. The highest BCUT2D eigenvalue weighted by atomic mass is 35.5. The van der Waals surface area contributed by atoms with Crippen LogP contribution in [0.4, 0.5) is 4.39 Å². The SMILES string of the molecule is Cc1nc(-c2ccc(Cl)cc2F)ccc1O. The third-order valence-electron chi connectivity index (χ3n) is 2.27. The monoisotopic (exact) mass is 237 g/mol. The van der Waals surface area contributed by atoms with Crippen LogP contribution < -0.4 is 0 Å². The van der Waals surface area contributed by atoms with Crippen LogP contribution in [0.1, 0.15) is 5.69 Å². The van der Waals surface area contributed by atoms with Crippen molar-refractivity contribution in [3.05, 3.63) is 46.9 Å². The van der Waals surface area contributed by atoms with Crippen molar-refractivity contribution in [2.75, 3.05) is 0 Å². The van der Waals surface area contributed by atoms with E-state index in [2.05, 4.69) is 4.98 Å². The van der Waals surface area contributed by atoms with Crippen molar-refractivity contribution in [2.45, 2.75) is 6.92 Å². The number of aromatic nitrogens is 1. The van der Waals surface area contributed by atoms with Crippen molar-refractivity contribution < 1.29 is 9.50 Å². The smallest absolute Gasteiger partial charge is 0.136 e. The quantitative estimate of drug-likeness (QED) is 0.823. The molecule has 2 aromatic rings. The Hall–Kier alpha value is -1.61. The Morgan fingerprint density at radius 3 is 2.62 bits per heavy atom. The summed E-state index contributed by atoms with van der Waals surface area (Å²) in [5.74, 6) is -0.330. The summed E-state index contributed by atoms with van der Waals surface area (Å²) < 4.78 is 13.6. The average Bonchev–Trinajstić information content (AvgIpc) is 2.22. The fourth-order valence-corrected chi connectivity index (χ4v) is 1.56. The maximum absolute atomic E-state index is 13.6. The van der Waals surface area contributed by atoms with Crippen LogP contribution in [0.15, 0.2) is 30.3 Å². The van der Waals surface area contributed by atoms with Gasteiger partial charge in [0.05, 0.1) is 11.4 Å². The van der Waals surface area contributed by atoms with Crippen LogP contribution in [-0.4, -0.2) is 10.1 Å². The zero-order chi connectivity index (χ0) is 11.7. The summed E-state index contributed by atoms with van der Waals surface area (Å²) >= 11 is 5.66. The first-order valence-electron chi connectivity index (χ1n) is 4.70. The van der Waals surface area contributed by atoms with E-state index in [9.17, 15) is 9.50 Å². The van der Waals surface area contributed by atoms with Crippen molar-refractivity contribution >= 4 is 11.6 Å². The van der Waals surface area contributed by atoms with E-state index in [-0.39, 0.29) is 5.75 Å². The number of hydrogen-bond donors (Lipinski definition) is 1. The Morgan fingerprint density at radius 1 is 1.25 bits per heavy atom. The van der Waals surface area contributed by atoms with E-state index in [1.54, 1.807) is 25.1 Å². The molecule has 16 heavy (non-hydrogen) atoms. The van der Waals surface area contributed by atoms with E-state index in [0.717, 1.165) is 0 Å². The van der Waals surface area contributed by atoms with E-state index in [1.165, 1.54) is 12.1 Å². The number of pyridine rings is 1. The standard InChI is InChI=1S/C12H9ClFNO/c1-7-12(16)5-4-11(15-7)9-3-2-8(13)6-10(9)14/h2-6,16H,1H3. The maximum Gasteiger partial charge on any atom is 0.136 e. The van der Waals surface area contributed by atoms with Gasteiger partial charge in [0, 0.05) is 10.6 Å². The van der Waals surface area contributed by atoms with E-state index in [4.69, 9.17) is 11.6 Å². The van der Waals surface area contributed by atoms with Crippen LogP contribution in [-0.2, 0) is 0 Å². The average molecular weight is 238 g/mol. The minimum atomic E-state index is -0.426. The molecule has 0 fully saturated rings. The first kappa shape index (κ1) is 10.9. The lowest BCUT2D eigenvalue weighted by Gasteiger charge is -2.05. The Balaban J connectivity index is 2.54. The predicted octanol–water partition coefficient (Wildman–Crippen LogP) is 3.56. The summed E-state index contributed by atoms with van der Waals surface area (Å²) in [6, 6.07) is 7.46. The Bertz CT molecular complexity index is 543. The van der Waals surface area contributed by atoms with Crippen LogP contribution >= 0.6 is 11.6 Å². The second-order valence-corrected chi connectivity index (χ2v) is 3.86. The van der Waals surface area contributed by atoms with E-state index < -0.39 is 5.82 Å². The lowest BCUT2D eigenvalue weighted by molar-refractivity contribution is 0.468. The fraction of sp³-hybridized carbons (Fsp3) is 0.0833. The Kier molecular flexibility index (Phi) is 2.79. The number of aryl methyl sites for hydroxylation is 1. The number of nitrogens with zero attached hydrogens (tertiary/aromatic N) is 1. The maximum atomic E-state index is 13.6. The molecule has 0 saturated carbocycles. The molecule has 0 aliphatic rings. The number of benzene rings is 1. The normalized spacial score (nSPS) is 10.4. The second-order valence-electron chi connectivity index (χ2n) is 3.43. The second kappa shape index (κ2) is 4.10. The van der Waals surface area contributed by atoms with Gasteiger partial charge in [0.15, 0.2) is 0 Å². The largest absolute Gasteiger partial charge is 0.506 e. The summed E-state index contributed by atoms with van der Waals surface area (Å²) in [6.45, 7) is 1.66. The number of hydrogen-bond acceptors (Lipinski definition) is 2. The molecule has 82 valence electrons. The molecule has 0 atom stereocenters. The zero-order valence-corrected chi connectivity index (χ0v) is 9.29. The first-order valence-corrected chi connectivity index (χ1v) is 5.08. The first-order chi connectivity index (χ1) is 7.58. The minimum Gasteiger partial charge on any atom is -0.506 e. The molecule has 1 aromatic carbocycles. The van der Waals surface area contributed by atoms with Gasteiger partial charge in [-0.2, -0.15) is 0 Å². The fourth-order valence-electron chi connectivity index (χ4n) is 1.40. The van der Waals surface area contributed by atoms with Gasteiger partial charge in [-0.1, -0.05) is 11.6 Å². The summed E-state index contributed by atoms with van der Waals surface area (Å²) in [6.07, 6.45) is 0. The van der Waals surface area contributed by atoms with Gasteiger partial charge in [0.25, 0.3) is 0 Å². The lowest BCUT2D eigenvalue weighted by Crippen LogP contribution is -1.90. The molecule has 0 unspecified atom stereocenters. The molecule has 4 heteroatoms. The van der Waals surface area contributed by atoms with Gasteiger partial charge in [-0.15, -0.1) is 0 Å². The summed E-state index contributed by atoms with van der Waals surface area (Å²) in [5, 5.41) is 9.67. The van der Waals surface area contributed by atoms with Crippen LogP contribution in [0.3, 0.4) is 0 Å². The van der Waals surface area contributed by atoms with Crippen molar-refractivity contribution in [3.8, 4) is 17.0 Å². The zero-order valence-electron chi connectivity index (χ0n) is 8.54. The summed E-state index contributed by atoms with van der Waals surface area (Å²) in [4.78, 5) is 4.10. The molecule has 2 nitrogen and oxygen atoms in total. The highest BCUT2D eigenvalue weighted by Gasteiger charge is 2.08. The molecular formula is C12H9ClFNO. The van der Waals surface area contributed by atoms with Gasteiger partial charge >= 0.3 is 0 Å². The Labute approximate surface area is 97.3 Å². The van der Waals surface area contributed by atoms with Crippen molar-refractivity contribution in [1.29, 1.82) is 0 Å². The van der Waals surface area contributed by atoms with E-state index in [1.807, 2.05) is 0 Å². The summed E-state index contributed by atoms with van der Waals surface area (Å²) in [5.41, 5.74) is 1.31. The summed E-state index contributed by atoms with van der Waals surface area (Å²) in [7, 11) is 0. The van der Waals surface area contributed by atoms with Gasteiger partial charge in [0.1, 0.15) is 11.6 Å². The van der Waals surface area contributed by atoms with Crippen LogP contribution in [0, 0.1) is 12.7 Å². The molecular weight excluding hydrogens is 229 g/mol. The lowest BCUT2D eigenvalue weighted by atomic mass is 10.1. The highest BCUT2D eigenvalue weighted by Crippen LogP contribution is 2.26. The number of rotatable bonds is 1. The predicted molar refractivity (Wildman–Crippen MR) is 61.0 cm³/mol. The van der Waals surface area contributed by atoms with Crippen LogP contribution in [0.5, 0.6) is 5.75 Å². The van der Waals surface area contributed by atoms with Crippen molar-refractivity contribution in [2.24, 2.45) is 0 Å². The molecule has 0 spiro atoms. The molecule has 2 rings (SSSR count). The van der Waals surface area contributed by atoms with Crippen LogP contribution in [0.2, 0.25) is 5.02 Å². The van der Waals surface area contributed by atoms with Gasteiger partial charge in [0.2, 0.25) is 0 Å². The van der Waals surface area contributed by atoms with Gasteiger partial charge < -0.3 is 5.11 Å². The molecule has 0 bridgehead atoms. The molecule has 1 aromatic heterocycles. The van der Waals surface area contributed by atoms with Gasteiger partial charge in [-0.05, 0) is 37.3 Å².